The molecule has 1 saturated heterocycles. The SMILES string of the molecule is CCCN(CC(=O)O)C(=O)CC1CSCCS1. The van der Waals surface area contributed by atoms with Crippen molar-refractivity contribution in [1.82, 2.24) is 4.90 Å². The summed E-state index contributed by atoms with van der Waals surface area (Å²) in [6, 6.07) is 0. The molecule has 0 aromatic rings. The smallest absolute Gasteiger partial charge is 0.323 e. The topological polar surface area (TPSA) is 57.6 Å². The maximum atomic E-state index is 12.0. The maximum Gasteiger partial charge on any atom is 0.323 e. The summed E-state index contributed by atoms with van der Waals surface area (Å²) >= 11 is 3.71. The van der Waals surface area contributed by atoms with Crippen molar-refractivity contribution in [3.8, 4) is 0 Å². The fraction of sp³-hybridized carbons (Fsp3) is 0.818. The first kappa shape index (κ1) is 14.7. The van der Waals surface area contributed by atoms with Crippen molar-refractivity contribution < 1.29 is 14.7 Å². The molecule has 1 aliphatic rings. The van der Waals surface area contributed by atoms with Gasteiger partial charge in [-0.05, 0) is 6.42 Å². The van der Waals surface area contributed by atoms with Gasteiger partial charge in [0.05, 0.1) is 0 Å². The van der Waals surface area contributed by atoms with Crippen molar-refractivity contribution in [2.24, 2.45) is 0 Å². The second kappa shape index (κ2) is 7.87. The number of amides is 1. The second-order valence-electron chi connectivity index (χ2n) is 3.98. The van der Waals surface area contributed by atoms with Gasteiger partial charge in [-0.1, -0.05) is 6.92 Å². The molecule has 6 heteroatoms. The fourth-order valence-electron chi connectivity index (χ4n) is 1.70. The first-order valence-electron chi connectivity index (χ1n) is 5.82. The Hall–Kier alpha value is -0.360. The fourth-order valence-corrected chi connectivity index (χ4v) is 4.37. The molecular formula is C11H19NO3S2. The van der Waals surface area contributed by atoms with E-state index in [1.165, 1.54) is 4.90 Å². The summed E-state index contributed by atoms with van der Waals surface area (Å²) in [6.07, 6.45) is 1.27. The molecule has 1 unspecified atom stereocenters. The van der Waals surface area contributed by atoms with E-state index in [9.17, 15) is 9.59 Å². The molecule has 0 aliphatic carbocycles. The molecule has 0 aromatic carbocycles. The minimum Gasteiger partial charge on any atom is -0.480 e. The second-order valence-corrected chi connectivity index (χ2v) is 6.54. The predicted molar refractivity (Wildman–Crippen MR) is 72.7 cm³/mol. The van der Waals surface area contributed by atoms with Crippen LogP contribution in [-0.2, 0) is 9.59 Å². The number of carboxylic acids is 1. The number of hydrogen-bond acceptors (Lipinski definition) is 4. The highest BCUT2D eigenvalue weighted by atomic mass is 32.2. The van der Waals surface area contributed by atoms with Crippen LogP contribution in [0.5, 0.6) is 0 Å². The van der Waals surface area contributed by atoms with Gasteiger partial charge < -0.3 is 10.0 Å². The van der Waals surface area contributed by atoms with E-state index in [0.717, 1.165) is 23.7 Å². The standard InChI is InChI=1S/C11H19NO3S2/c1-2-3-12(7-11(14)15)10(13)6-9-8-16-4-5-17-9/h9H,2-8H2,1H3,(H,14,15). The molecule has 1 heterocycles. The lowest BCUT2D eigenvalue weighted by molar-refractivity contribution is -0.144. The van der Waals surface area contributed by atoms with E-state index in [-0.39, 0.29) is 12.5 Å². The summed E-state index contributed by atoms with van der Waals surface area (Å²) < 4.78 is 0. The number of aliphatic carboxylic acids is 1. The van der Waals surface area contributed by atoms with Gasteiger partial charge in [0.2, 0.25) is 5.91 Å². The Morgan fingerprint density at radius 2 is 2.18 bits per heavy atom. The van der Waals surface area contributed by atoms with Crippen molar-refractivity contribution in [3.05, 3.63) is 0 Å². The quantitative estimate of drug-likeness (QED) is 0.798. The number of carbonyl (C=O) groups is 2. The molecule has 1 N–H and O–H groups in total. The number of rotatable bonds is 6. The molecule has 98 valence electrons. The van der Waals surface area contributed by atoms with Gasteiger partial charge in [-0.2, -0.15) is 23.5 Å². The van der Waals surface area contributed by atoms with Crippen molar-refractivity contribution in [2.45, 2.75) is 25.0 Å². The van der Waals surface area contributed by atoms with Crippen LogP contribution in [-0.4, -0.2) is 57.5 Å². The number of carbonyl (C=O) groups excluding carboxylic acids is 1. The van der Waals surface area contributed by atoms with E-state index in [4.69, 9.17) is 5.11 Å². The summed E-state index contributed by atoms with van der Waals surface area (Å²) in [5, 5.41) is 9.12. The molecule has 0 aromatic heterocycles. The van der Waals surface area contributed by atoms with Gasteiger partial charge in [0.1, 0.15) is 6.54 Å². The van der Waals surface area contributed by atoms with E-state index in [1.807, 2.05) is 30.4 Å². The molecule has 0 radical (unpaired) electrons. The van der Waals surface area contributed by atoms with E-state index < -0.39 is 5.97 Å². The van der Waals surface area contributed by atoms with Gasteiger partial charge in [-0.15, -0.1) is 0 Å². The first-order chi connectivity index (χ1) is 8.13. The molecule has 17 heavy (non-hydrogen) atoms. The van der Waals surface area contributed by atoms with E-state index >= 15 is 0 Å². The van der Waals surface area contributed by atoms with Crippen LogP contribution in [0.1, 0.15) is 19.8 Å². The molecule has 1 rings (SSSR count). The third-order valence-corrected chi connectivity index (χ3v) is 5.30. The third kappa shape index (κ3) is 5.68. The summed E-state index contributed by atoms with van der Waals surface area (Å²) in [6.45, 7) is 2.32. The monoisotopic (exact) mass is 277 g/mol. The summed E-state index contributed by atoms with van der Waals surface area (Å²) in [7, 11) is 0. The molecular weight excluding hydrogens is 258 g/mol. The van der Waals surface area contributed by atoms with Crippen LogP contribution < -0.4 is 0 Å². The highest BCUT2D eigenvalue weighted by Crippen LogP contribution is 2.26. The Balaban J connectivity index is 2.42. The highest BCUT2D eigenvalue weighted by molar-refractivity contribution is 8.06. The van der Waals surface area contributed by atoms with Crippen LogP contribution in [0, 0.1) is 0 Å². The summed E-state index contributed by atoms with van der Waals surface area (Å²) in [4.78, 5) is 24.1. The predicted octanol–water partition coefficient (Wildman–Crippen LogP) is 1.55. The average Bonchev–Trinajstić information content (AvgIpc) is 2.29. The number of thioether (sulfide) groups is 2. The van der Waals surface area contributed by atoms with Gasteiger partial charge in [-0.3, -0.25) is 9.59 Å². The van der Waals surface area contributed by atoms with Crippen LogP contribution in [0.25, 0.3) is 0 Å². The zero-order valence-corrected chi connectivity index (χ0v) is 11.7. The van der Waals surface area contributed by atoms with Crippen molar-refractivity contribution in [1.29, 1.82) is 0 Å². The van der Waals surface area contributed by atoms with Gasteiger partial charge >= 0.3 is 5.97 Å². The Morgan fingerprint density at radius 1 is 1.41 bits per heavy atom. The number of nitrogens with zero attached hydrogens (tertiary/aromatic N) is 1. The van der Waals surface area contributed by atoms with Gasteiger partial charge in [-0.25, -0.2) is 0 Å². The minimum atomic E-state index is -0.933. The summed E-state index contributed by atoms with van der Waals surface area (Å²) in [5.74, 6) is 2.30. The van der Waals surface area contributed by atoms with Crippen LogP contribution in [0.2, 0.25) is 0 Å². The van der Waals surface area contributed by atoms with Crippen molar-refractivity contribution in [2.75, 3.05) is 30.3 Å². The molecule has 0 saturated carbocycles. The lowest BCUT2D eigenvalue weighted by Crippen LogP contribution is -2.38. The molecule has 1 atom stereocenters. The zero-order chi connectivity index (χ0) is 12.7. The number of carboxylic acid groups (broad SMARTS) is 1. The Kier molecular flexibility index (Phi) is 6.80. The van der Waals surface area contributed by atoms with Gasteiger partial charge in [0.15, 0.2) is 0 Å². The largest absolute Gasteiger partial charge is 0.480 e. The average molecular weight is 277 g/mol. The summed E-state index contributed by atoms with van der Waals surface area (Å²) in [5.41, 5.74) is 0. The van der Waals surface area contributed by atoms with E-state index in [0.29, 0.717) is 18.2 Å². The normalized spacial score (nSPS) is 19.9. The van der Waals surface area contributed by atoms with Crippen molar-refractivity contribution in [3.63, 3.8) is 0 Å². The lowest BCUT2D eigenvalue weighted by atomic mass is 10.2. The first-order valence-corrected chi connectivity index (χ1v) is 8.02. The van der Waals surface area contributed by atoms with Crippen LogP contribution in [0.15, 0.2) is 0 Å². The van der Waals surface area contributed by atoms with Gasteiger partial charge in [0.25, 0.3) is 0 Å². The van der Waals surface area contributed by atoms with E-state index in [1.54, 1.807) is 0 Å². The third-order valence-electron chi connectivity index (χ3n) is 2.46. The Bertz CT molecular complexity index is 267. The molecule has 1 fully saturated rings. The van der Waals surface area contributed by atoms with Crippen molar-refractivity contribution >= 4 is 35.4 Å². The molecule has 1 amide bonds. The van der Waals surface area contributed by atoms with Crippen LogP contribution in [0.3, 0.4) is 0 Å². The van der Waals surface area contributed by atoms with Crippen LogP contribution in [0.4, 0.5) is 0 Å². The Morgan fingerprint density at radius 3 is 2.71 bits per heavy atom. The molecule has 4 nitrogen and oxygen atoms in total. The van der Waals surface area contributed by atoms with E-state index in [2.05, 4.69) is 0 Å². The Labute approximate surface area is 111 Å². The highest BCUT2D eigenvalue weighted by Gasteiger charge is 2.22. The molecule has 1 aliphatic heterocycles. The molecule has 0 spiro atoms. The molecule has 0 bridgehead atoms. The van der Waals surface area contributed by atoms with Gasteiger partial charge in [0, 0.05) is 35.5 Å². The minimum absolute atomic E-state index is 0.0192. The van der Waals surface area contributed by atoms with Crippen LogP contribution >= 0.6 is 23.5 Å². The maximum absolute atomic E-state index is 12.0. The lowest BCUT2D eigenvalue weighted by Gasteiger charge is -2.25. The zero-order valence-electron chi connectivity index (χ0n) is 10.1. The number of hydrogen-bond donors (Lipinski definition) is 1.